The zero-order valence-corrected chi connectivity index (χ0v) is 20.2. The number of pyridine rings is 1. The Morgan fingerprint density at radius 1 is 1.12 bits per heavy atom. The van der Waals surface area contributed by atoms with E-state index < -0.39 is 0 Å². The zero-order valence-electron chi connectivity index (χ0n) is 20.2. The van der Waals surface area contributed by atoms with Crippen molar-refractivity contribution < 1.29 is 4.79 Å². The highest BCUT2D eigenvalue weighted by atomic mass is 16.2. The van der Waals surface area contributed by atoms with Gasteiger partial charge >= 0.3 is 0 Å². The standard InChI is InChI=1S/C27H34N6O/c1-18-16-29-25(26(34)31-22-8-9-22)15-23(18)20-7-10-24-21(14-20)17-30-27(32-24)28-11-5-13-33-12-4-3-6-19(33)2/h7,10,14-17,19,22H,3-6,8-9,11-13H2,1-2H3,(H,31,34)(H,28,30,32)/t19-/m0/s1. The van der Waals surface area contributed by atoms with Gasteiger partial charge in [-0.25, -0.2) is 9.97 Å². The van der Waals surface area contributed by atoms with Gasteiger partial charge in [-0.15, -0.1) is 0 Å². The molecule has 3 aromatic rings. The van der Waals surface area contributed by atoms with Crippen LogP contribution in [-0.2, 0) is 0 Å². The number of nitrogens with one attached hydrogen (secondary N) is 2. The summed E-state index contributed by atoms with van der Waals surface area (Å²) >= 11 is 0. The molecule has 3 heterocycles. The SMILES string of the molecule is Cc1cnc(C(=O)NC2CC2)cc1-c1ccc2nc(NCCCN3CCCC[C@@H]3C)ncc2c1. The number of likely N-dealkylation sites (tertiary alicyclic amines) is 1. The number of rotatable bonds is 8. The Kier molecular flexibility index (Phi) is 6.72. The number of anilines is 1. The maximum Gasteiger partial charge on any atom is 0.270 e. The van der Waals surface area contributed by atoms with Crippen molar-refractivity contribution in [1.82, 2.24) is 25.2 Å². The predicted molar refractivity (Wildman–Crippen MR) is 136 cm³/mol. The summed E-state index contributed by atoms with van der Waals surface area (Å²) in [6, 6.07) is 9.06. The fourth-order valence-corrected chi connectivity index (χ4v) is 4.70. The fraction of sp³-hybridized carbons (Fsp3) is 0.481. The molecule has 0 unspecified atom stereocenters. The summed E-state index contributed by atoms with van der Waals surface area (Å²) in [5.41, 5.74) is 4.44. The van der Waals surface area contributed by atoms with E-state index in [9.17, 15) is 4.79 Å². The summed E-state index contributed by atoms with van der Waals surface area (Å²) in [6.45, 7) is 7.57. The monoisotopic (exact) mass is 458 g/mol. The maximum absolute atomic E-state index is 12.5. The third-order valence-corrected chi connectivity index (χ3v) is 6.98. The van der Waals surface area contributed by atoms with Crippen LogP contribution in [0.4, 0.5) is 5.95 Å². The number of nitrogens with zero attached hydrogens (tertiary/aromatic N) is 4. The lowest BCUT2D eigenvalue weighted by molar-refractivity contribution is 0.0946. The van der Waals surface area contributed by atoms with Crippen molar-refractivity contribution in [2.75, 3.05) is 25.0 Å². The number of piperidine rings is 1. The number of aromatic nitrogens is 3. The van der Waals surface area contributed by atoms with E-state index in [0.29, 0.717) is 23.7 Å². The minimum atomic E-state index is -0.0988. The third kappa shape index (κ3) is 5.36. The molecule has 0 bridgehead atoms. The second-order valence-electron chi connectivity index (χ2n) is 9.76. The molecule has 1 amide bonds. The highest BCUT2D eigenvalue weighted by molar-refractivity contribution is 5.94. The van der Waals surface area contributed by atoms with E-state index in [4.69, 9.17) is 4.98 Å². The van der Waals surface area contributed by atoms with Crippen LogP contribution in [-0.4, -0.2) is 57.5 Å². The number of hydrogen-bond acceptors (Lipinski definition) is 6. The quantitative estimate of drug-likeness (QED) is 0.481. The lowest BCUT2D eigenvalue weighted by atomic mass is 10.00. The Balaban J connectivity index is 1.24. The van der Waals surface area contributed by atoms with Crippen LogP contribution >= 0.6 is 0 Å². The molecule has 1 saturated heterocycles. The molecule has 2 fully saturated rings. The van der Waals surface area contributed by atoms with Crippen LogP contribution in [0.3, 0.4) is 0 Å². The van der Waals surface area contributed by atoms with Crippen LogP contribution < -0.4 is 10.6 Å². The van der Waals surface area contributed by atoms with E-state index in [1.54, 1.807) is 6.20 Å². The molecule has 178 valence electrons. The van der Waals surface area contributed by atoms with E-state index >= 15 is 0 Å². The fourth-order valence-electron chi connectivity index (χ4n) is 4.70. The van der Waals surface area contributed by atoms with E-state index in [-0.39, 0.29) is 5.91 Å². The molecule has 0 radical (unpaired) electrons. The molecule has 2 aliphatic rings. The summed E-state index contributed by atoms with van der Waals surface area (Å²) in [6.07, 6.45) is 10.8. The van der Waals surface area contributed by atoms with E-state index in [0.717, 1.165) is 59.9 Å². The predicted octanol–water partition coefficient (Wildman–Crippen LogP) is 4.57. The Hall–Kier alpha value is -3.06. The second-order valence-corrected chi connectivity index (χ2v) is 9.76. The van der Waals surface area contributed by atoms with Gasteiger partial charge in [0.25, 0.3) is 5.91 Å². The van der Waals surface area contributed by atoms with E-state index in [1.165, 1.54) is 25.8 Å². The summed E-state index contributed by atoms with van der Waals surface area (Å²) in [5.74, 6) is 0.574. The van der Waals surface area contributed by atoms with E-state index in [1.807, 2.05) is 25.3 Å². The van der Waals surface area contributed by atoms with Gasteiger partial charge in [0.1, 0.15) is 5.69 Å². The summed E-state index contributed by atoms with van der Waals surface area (Å²) < 4.78 is 0. The number of amides is 1. The summed E-state index contributed by atoms with van der Waals surface area (Å²) in [7, 11) is 0. The minimum absolute atomic E-state index is 0.0988. The van der Waals surface area contributed by atoms with E-state index in [2.05, 4.69) is 44.6 Å². The number of fused-ring (bicyclic) bond motifs is 1. The molecule has 1 aliphatic carbocycles. The van der Waals surface area contributed by atoms with Crippen LogP contribution in [0.1, 0.15) is 61.5 Å². The summed E-state index contributed by atoms with van der Waals surface area (Å²) in [4.78, 5) is 28.6. The molecule has 1 aliphatic heterocycles. The van der Waals surface area contributed by atoms with Crippen LogP contribution in [0.15, 0.2) is 36.7 Å². The van der Waals surface area contributed by atoms with Gasteiger partial charge in [0.15, 0.2) is 0 Å². The van der Waals surface area contributed by atoms with Crippen LogP contribution in [0.25, 0.3) is 22.0 Å². The molecule has 1 aromatic carbocycles. The van der Waals surface area contributed by atoms with Gasteiger partial charge in [0.2, 0.25) is 5.95 Å². The molecule has 7 heteroatoms. The van der Waals surface area contributed by atoms with Gasteiger partial charge in [-0.1, -0.05) is 12.5 Å². The average Bonchev–Trinajstić information content (AvgIpc) is 3.67. The first-order chi connectivity index (χ1) is 16.6. The number of hydrogen-bond donors (Lipinski definition) is 2. The molecule has 2 aromatic heterocycles. The molecule has 1 atom stereocenters. The van der Waals surface area contributed by atoms with Crippen LogP contribution in [0.2, 0.25) is 0 Å². The number of benzene rings is 1. The molecule has 7 nitrogen and oxygen atoms in total. The van der Waals surface area contributed by atoms with Gasteiger partial charge in [-0.05, 0) is 87.4 Å². The largest absolute Gasteiger partial charge is 0.354 e. The first-order valence-corrected chi connectivity index (χ1v) is 12.6. The van der Waals surface area contributed by atoms with Crippen molar-refractivity contribution >= 4 is 22.8 Å². The zero-order chi connectivity index (χ0) is 23.5. The van der Waals surface area contributed by atoms with Gasteiger partial charge in [-0.2, -0.15) is 0 Å². The topological polar surface area (TPSA) is 83.0 Å². The highest BCUT2D eigenvalue weighted by Gasteiger charge is 2.24. The van der Waals surface area contributed by atoms with Gasteiger partial charge in [0, 0.05) is 43.0 Å². The molecule has 2 N–H and O–H groups in total. The Morgan fingerprint density at radius 2 is 2.00 bits per heavy atom. The average molecular weight is 459 g/mol. The maximum atomic E-state index is 12.5. The van der Waals surface area contributed by atoms with Crippen molar-refractivity contribution in [1.29, 1.82) is 0 Å². The first-order valence-electron chi connectivity index (χ1n) is 12.6. The Bertz CT molecular complexity index is 1170. The normalized spacial score (nSPS) is 18.7. The van der Waals surface area contributed by atoms with Crippen molar-refractivity contribution in [3.8, 4) is 11.1 Å². The van der Waals surface area contributed by atoms with Gasteiger partial charge in [-0.3, -0.25) is 9.78 Å². The molecular formula is C27H34N6O. The Labute approximate surface area is 201 Å². The number of aryl methyl sites for hydroxylation is 1. The van der Waals surface area contributed by atoms with Crippen molar-refractivity contribution in [2.45, 2.75) is 64.5 Å². The minimum Gasteiger partial charge on any atom is -0.354 e. The van der Waals surface area contributed by atoms with Crippen molar-refractivity contribution in [3.05, 3.63) is 47.9 Å². The first kappa shape index (κ1) is 22.7. The van der Waals surface area contributed by atoms with Crippen LogP contribution in [0.5, 0.6) is 0 Å². The highest BCUT2D eigenvalue weighted by Crippen LogP contribution is 2.27. The van der Waals surface area contributed by atoms with Crippen molar-refractivity contribution in [3.63, 3.8) is 0 Å². The molecule has 0 spiro atoms. The molecule has 1 saturated carbocycles. The van der Waals surface area contributed by atoms with Crippen LogP contribution in [0, 0.1) is 6.92 Å². The Morgan fingerprint density at radius 3 is 2.82 bits per heavy atom. The summed E-state index contributed by atoms with van der Waals surface area (Å²) in [5, 5.41) is 7.38. The lowest BCUT2D eigenvalue weighted by Gasteiger charge is -2.33. The van der Waals surface area contributed by atoms with Crippen molar-refractivity contribution in [2.24, 2.45) is 0 Å². The third-order valence-electron chi connectivity index (χ3n) is 6.98. The smallest absolute Gasteiger partial charge is 0.270 e. The second kappa shape index (κ2) is 10.1. The lowest BCUT2D eigenvalue weighted by Crippen LogP contribution is -2.38. The number of carbonyl (C=O) groups is 1. The molecular weight excluding hydrogens is 424 g/mol. The number of carbonyl (C=O) groups excluding carboxylic acids is 1. The van der Waals surface area contributed by atoms with Gasteiger partial charge in [0.05, 0.1) is 5.52 Å². The molecule has 34 heavy (non-hydrogen) atoms. The van der Waals surface area contributed by atoms with Gasteiger partial charge < -0.3 is 15.5 Å². The molecule has 5 rings (SSSR count).